The molecule has 2 heterocycles. The number of hydrogen-bond donors (Lipinski definition) is 2. The van der Waals surface area contributed by atoms with Crippen molar-refractivity contribution >= 4 is 23.4 Å². The van der Waals surface area contributed by atoms with Gasteiger partial charge in [0.05, 0.1) is 17.2 Å². The van der Waals surface area contributed by atoms with E-state index in [1.54, 1.807) is 29.2 Å². The SMILES string of the molecule is CC(C)(C)C(=O)N1CCCC(C(=O)Nc2ccccc2C(=O)NCc2ccc3c(c2)OCO3)C1. The number of nitrogens with zero attached hydrogens (tertiary/aromatic N) is 1. The van der Waals surface area contributed by atoms with Crippen molar-refractivity contribution < 1.29 is 23.9 Å². The van der Waals surface area contributed by atoms with E-state index in [1.165, 1.54) is 0 Å². The third-order valence-electron chi connectivity index (χ3n) is 6.04. The van der Waals surface area contributed by atoms with Crippen LogP contribution in [0.5, 0.6) is 11.5 Å². The van der Waals surface area contributed by atoms with Crippen LogP contribution in [0.3, 0.4) is 0 Å². The summed E-state index contributed by atoms with van der Waals surface area (Å²) in [5.74, 6) is 0.613. The average molecular weight is 466 g/mol. The molecule has 4 rings (SSSR count). The summed E-state index contributed by atoms with van der Waals surface area (Å²) in [6.45, 7) is 7.22. The largest absolute Gasteiger partial charge is 0.454 e. The molecule has 0 spiro atoms. The molecule has 2 aliphatic heterocycles. The summed E-state index contributed by atoms with van der Waals surface area (Å²) in [5, 5.41) is 5.82. The molecular weight excluding hydrogens is 434 g/mol. The maximum absolute atomic E-state index is 13.0. The number of rotatable bonds is 5. The smallest absolute Gasteiger partial charge is 0.253 e. The van der Waals surface area contributed by atoms with Crippen molar-refractivity contribution in [2.75, 3.05) is 25.2 Å². The molecular formula is C26H31N3O5. The minimum absolute atomic E-state index is 0.0493. The van der Waals surface area contributed by atoms with Gasteiger partial charge >= 0.3 is 0 Å². The molecule has 0 radical (unpaired) electrons. The monoisotopic (exact) mass is 465 g/mol. The normalized spacial score (nSPS) is 17.3. The van der Waals surface area contributed by atoms with Crippen molar-refractivity contribution in [3.05, 3.63) is 53.6 Å². The molecule has 8 heteroatoms. The molecule has 180 valence electrons. The number of piperidine rings is 1. The van der Waals surface area contributed by atoms with E-state index < -0.39 is 5.41 Å². The van der Waals surface area contributed by atoms with Crippen molar-refractivity contribution in [3.63, 3.8) is 0 Å². The molecule has 1 atom stereocenters. The predicted molar refractivity (Wildman–Crippen MR) is 128 cm³/mol. The Labute approximate surface area is 199 Å². The van der Waals surface area contributed by atoms with E-state index in [9.17, 15) is 14.4 Å². The zero-order chi connectivity index (χ0) is 24.3. The lowest BCUT2D eigenvalue weighted by Crippen LogP contribution is -2.47. The lowest BCUT2D eigenvalue weighted by Gasteiger charge is -2.36. The van der Waals surface area contributed by atoms with E-state index in [2.05, 4.69) is 10.6 Å². The fourth-order valence-electron chi connectivity index (χ4n) is 4.20. The summed E-state index contributed by atoms with van der Waals surface area (Å²) in [7, 11) is 0. The average Bonchev–Trinajstić information content (AvgIpc) is 3.30. The number of nitrogens with one attached hydrogen (secondary N) is 2. The Morgan fingerprint density at radius 2 is 1.82 bits per heavy atom. The lowest BCUT2D eigenvalue weighted by atomic mass is 9.91. The van der Waals surface area contributed by atoms with E-state index in [4.69, 9.17) is 9.47 Å². The summed E-state index contributed by atoms with van der Waals surface area (Å²) in [6.07, 6.45) is 1.48. The summed E-state index contributed by atoms with van der Waals surface area (Å²) < 4.78 is 10.7. The minimum atomic E-state index is -0.485. The number of fused-ring (bicyclic) bond motifs is 1. The van der Waals surface area contributed by atoms with Gasteiger partial charge in [0.1, 0.15) is 0 Å². The molecule has 2 aliphatic rings. The molecule has 1 saturated heterocycles. The van der Waals surface area contributed by atoms with Crippen LogP contribution in [0, 0.1) is 11.3 Å². The number of carbonyl (C=O) groups is 3. The van der Waals surface area contributed by atoms with Gasteiger partial charge in [-0.05, 0) is 42.7 Å². The highest BCUT2D eigenvalue weighted by atomic mass is 16.7. The first-order valence-electron chi connectivity index (χ1n) is 11.6. The standard InChI is InChI=1S/C26H31N3O5/c1-26(2,3)25(32)29-12-6-7-18(15-29)23(30)28-20-9-5-4-8-19(20)24(31)27-14-17-10-11-21-22(13-17)34-16-33-21/h4-5,8-11,13,18H,6-7,12,14-16H2,1-3H3,(H,27,31)(H,28,30). The van der Waals surface area contributed by atoms with Gasteiger partial charge in [-0.1, -0.05) is 39.0 Å². The summed E-state index contributed by atoms with van der Waals surface area (Å²) in [5.41, 5.74) is 1.23. The highest BCUT2D eigenvalue weighted by Crippen LogP contribution is 2.32. The van der Waals surface area contributed by atoms with Gasteiger partial charge < -0.3 is 25.0 Å². The Hall–Kier alpha value is -3.55. The molecule has 0 aromatic heterocycles. The summed E-state index contributed by atoms with van der Waals surface area (Å²) >= 11 is 0. The zero-order valence-electron chi connectivity index (χ0n) is 19.8. The fraction of sp³-hybridized carbons (Fsp3) is 0.423. The van der Waals surface area contributed by atoms with E-state index in [1.807, 2.05) is 39.0 Å². The molecule has 34 heavy (non-hydrogen) atoms. The van der Waals surface area contributed by atoms with Crippen LogP contribution in [0.1, 0.15) is 49.5 Å². The third kappa shape index (κ3) is 5.32. The number of benzene rings is 2. The van der Waals surface area contributed by atoms with E-state index >= 15 is 0 Å². The number of anilines is 1. The van der Waals surface area contributed by atoms with Gasteiger partial charge in [0.25, 0.3) is 5.91 Å². The van der Waals surface area contributed by atoms with E-state index in [0.29, 0.717) is 48.8 Å². The van der Waals surface area contributed by atoms with Crippen molar-refractivity contribution in [1.82, 2.24) is 10.2 Å². The van der Waals surface area contributed by atoms with Crippen LogP contribution in [0.2, 0.25) is 0 Å². The van der Waals surface area contributed by atoms with Crippen LogP contribution in [0.4, 0.5) is 5.69 Å². The van der Waals surface area contributed by atoms with Crippen molar-refractivity contribution in [1.29, 1.82) is 0 Å². The second-order valence-corrected chi connectivity index (χ2v) is 9.75. The maximum atomic E-state index is 13.0. The van der Waals surface area contributed by atoms with Gasteiger partial charge in [0, 0.05) is 25.0 Å². The van der Waals surface area contributed by atoms with Gasteiger partial charge in [-0.2, -0.15) is 0 Å². The highest BCUT2D eigenvalue weighted by Gasteiger charge is 2.33. The molecule has 0 saturated carbocycles. The number of likely N-dealkylation sites (tertiary alicyclic amines) is 1. The second kappa shape index (κ2) is 9.75. The van der Waals surface area contributed by atoms with Gasteiger partial charge in [-0.25, -0.2) is 0 Å². The molecule has 2 aromatic rings. The van der Waals surface area contributed by atoms with Gasteiger partial charge in [0.15, 0.2) is 11.5 Å². The number of hydrogen-bond acceptors (Lipinski definition) is 5. The number of amides is 3. The molecule has 1 unspecified atom stereocenters. The predicted octanol–water partition coefficient (Wildman–Crippen LogP) is 3.57. The zero-order valence-corrected chi connectivity index (χ0v) is 19.8. The lowest BCUT2D eigenvalue weighted by molar-refractivity contribution is -0.142. The van der Waals surface area contributed by atoms with Crippen LogP contribution >= 0.6 is 0 Å². The number of ether oxygens (including phenoxy) is 2. The molecule has 0 bridgehead atoms. The number of para-hydroxylation sites is 1. The molecule has 1 fully saturated rings. The van der Waals surface area contributed by atoms with E-state index in [-0.39, 0.29) is 30.4 Å². The van der Waals surface area contributed by atoms with Gasteiger partial charge in [-0.3, -0.25) is 14.4 Å². The first-order chi connectivity index (χ1) is 16.2. The molecule has 2 aromatic carbocycles. The van der Waals surface area contributed by atoms with Crippen LogP contribution in [0.25, 0.3) is 0 Å². The van der Waals surface area contributed by atoms with Crippen LogP contribution in [-0.2, 0) is 16.1 Å². The maximum Gasteiger partial charge on any atom is 0.253 e. The van der Waals surface area contributed by atoms with Crippen LogP contribution < -0.4 is 20.1 Å². The highest BCUT2D eigenvalue weighted by molar-refractivity contribution is 6.04. The van der Waals surface area contributed by atoms with Crippen molar-refractivity contribution in [3.8, 4) is 11.5 Å². The Morgan fingerprint density at radius 3 is 2.62 bits per heavy atom. The topological polar surface area (TPSA) is 97.0 Å². The molecule has 2 N–H and O–H groups in total. The summed E-state index contributed by atoms with van der Waals surface area (Å²) in [6, 6.07) is 12.5. The first kappa shape index (κ1) is 23.6. The van der Waals surface area contributed by atoms with Crippen LogP contribution in [0.15, 0.2) is 42.5 Å². The Kier molecular flexibility index (Phi) is 6.77. The number of carbonyl (C=O) groups excluding carboxylic acids is 3. The first-order valence-corrected chi connectivity index (χ1v) is 11.6. The third-order valence-corrected chi connectivity index (χ3v) is 6.04. The fourth-order valence-corrected chi connectivity index (χ4v) is 4.20. The van der Waals surface area contributed by atoms with Crippen molar-refractivity contribution in [2.24, 2.45) is 11.3 Å². The van der Waals surface area contributed by atoms with Crippen LogP contribution in [-0.4, -0.2) is 42.5 Å². The molecule has 8 nitrogen and oxygen atoms in total. The van der Waals surface area contributed by atoms with Gasteiger partial charge in [0.2, 0.25) is 18.6 Å². The second-order valence-electron chi connectivity index (χ2n) is 9.75. The Balaban J connectivity index is 1.39. The summed E-state index contributed by atoms with van der Waals surface area (Å²) in [4.78, 5) is 40.4. The minimum Gasteiger partial charge on any atom is -0.454 e. The molecule has 0 aliphatic carbocycles. The van der Waals surface area contributed by atoms with E-state index in [0.717, 1.165) is 12.0 Å². The van der Waals surface area contributed by atoms with Crippen molar-refractivity contribution in [2.45, 2.75) is 40.2 Å². The quantitative estimate of drug-likeness (QED) is 0.704. The Bertz CT molecular complexity index is 1090. The Morgan fingerprint density at radius 1 is 1.06 bits per heavy atom. The van der Waals surface area contributed by atoms with Gasteiger partial charge in [-0.15, -0.1) is 0 Å². The molecule has 3 amide bonds.